The summed E-state index contributed by atoms with van der Waals surface area (Å²) < 4.78 is 0. The monoisotopic (exact) mass is 339 g/mol. The van der Waals surface area contributed by atoms with E-state index < -0.39 is 12.2 Å². The average molecular weight is 339 g/mol. The van der Waals surface area contributed by atoms with Gasteiger partial charge in [-0.05, 0) is 73.2 Å². The van der Waals surface area contributed by atoms with Crippen molar-refractivity contribution >= 4 is 5.69 Å². The summed E-state index contributed by atoms with van der Waals surface area (Å²) in [6.45, 7) is 8.29. The van der Waals surface area contributed by atoms with Gasteiger partial charge in [0.1, 0.15) is 0 Å². The lowest BCUT2D eigenvalue weighted by molar-refractivity contribution is -0.0789. The highest BCUT2D eigenvalue weighted by Crippen LogP contribution is 2.50. The van der Waals surface area contributed by atoms with Crippen LogP contribution in [0.25, 0.3) is 0 Å². The Bertz CT molecular complexity index is 787. The van der Waals surface area contributed by atoms with Crippen LogP contribution in [0.2, 0.25) is 0 Å². The molecule has 2 N–H and O–H groups in total. The molecule has 0 aromatic heterocycles. The minimum atomic E-state index is -0.556. The van der Waals surface area contributed by atoms with E-state index in [9.17, 15) is 10.2 Å². The number of hydrogen-bond acceptors (Lipinski definition) is 3. The Kier molecular flexibility index (Phi) is 4.65. The molecule has 2 unspecified atom stereocenters. The van der Waals surface area contributed by atoms with Gasteiger partial charge in [0.2, 0.25) is 0 Å². The van der Waals surface area contributed by atoms with Gasteiger partial charge < -0.3 is 15.1 Å². The van der Waals surface area contributed by atoms with Crippen LogP contribution in [0.1, 0.15) is 45.2 Å². The second-order valence-corrected chi connectivity index (χ2v) is 7.76. The number of aliphatic hydroxyl groups excluding tert-OH is 2. The fraction of sp³-hybridized carbons (Fsp3) is 0.455. The molecule has 3 heteroatoms. The van der Waals surface area contributed by atoms with E-state index in [2.05, 4.69) is 56.9 Å². The number of nitrogens with zero attached hydrogens (tertiary/aromatic N) is 1. The van der Waals surface area contributed by atoms with Crippen molar-refractivity contribution in [3.63, 3.8) is 0 Å². The van der Waals surface area contributed by atoms with Gasteiger partial charge in [-0.3, -0.25) is 0 Å². The van der Waals surface area contributed by atoms with Crippen LogP contribution in [0.5, 0.6) is 0 Å². The Balaban J connectivity index is 1.91. The Morgan fingerprint density at radius 3 is 1.76 bits per heavy atom. The Morgan fingerprint density at radius 2 is 1.20 bits per heavy atom. The zero-order chi connectivity index (χ0) is 18.5. The topological polar surface area (TPSA) is 43.7 Å². The van der Waals surface area contributed by atoms with Crippen molar-refractivity contribution in [2.24, 2.45) is 0 Å². The van der Waals surface area contributed by atoms with Crippen LogP contribution < -0.4 is 4.90 Å². The van der Waals surface area contributed by atoms with Crippen LogP contribution in [-0.2, 0) is 0 Å². The average Bonchev–Trinajstić information content (AvgIpc) is 2.54. The number of aryl methyl sites for hydroxylation is 4. The lowest BCUT2D eigenvalue weighted by Gasteiger charge is -2.48. The van der Waals surface area contributed by atoms with Gasteiger partial charge >= 0.3 is 0 Å². The molecule has 0 heterocycles. The molecule has 3 rings (SSSR count). The first-order valence-electron chi connectivity index (χ1n) is 8.94. The van der Waals surface area contributed by atoms with Gasteiger partial charge in [0.05, 0.1) is 12.2 Å². The molecule has 0 bridgehead atoms. The summed E-state index contributed by atoms with van der Waals surface area (Å²) in [4.78, 5) is 2.06. The molecule has 0 radical (unpaired) electrons. The van der Waals surface area contributed by atoms with E-state index in [-0.39, 0.29) is 11.8 Å². The Hall–Kier alpha value is -1.84. The van der Waals surface area contributed by atoms with Crippen molar-refractivity contribution in [1.82, 2.24) is 0 Å². The van der Waals surface area contributed by atoms with Crippen LogP contribution in [0.15, 0.2) is 30.3 Å². The van der Waals surface area contributed by atoms with Crippen molar-refractivity contribution in [3.05, 3.63) is 63.7 Å². The lowest BCUT2D eigenvalue weighted by atomic mass is 9.62. The number of hydrogen-bond donors (Lipinski definition) is 2. The van der Waals surface area contributed by atoms with Crippen molar-refractivity contribution < 1.29 is 10.2 Å². The molecule has 25 heavy (non-hydrogen) atoms. The fourth-order valence-electron chi connectivity index (χ4n) is 4.10. The van der Waals surface area contributed by atoms with E-state index in [1.54, 1.807) is 0 Å². The van der Waals surface area contributed by atoms with Crippen molar-refractivity contribution in [2.45, 2.75) is 51.7 Å². The fourth-order valence-corrected chi connectivity index (χ4v) is 4.10. The third-order valence-electron chi connectivity index (χ3n) is 5.84. The molecular weight excluding hydrogens is 310 g/mol. The first-order valence-corrected chi connectivity index (χ1v) is 8.94. The van der Waals surface area contributed by atoms with Gasteiger partial charge in [-0.25, -0.2) is 0 Å². The predicted octanol–water partition coefficient (Wildman–Crippen LogP) is 3.59. The van der Waals surface area contributed by atoms with Crippen molar-refractivity contribution in [3.8, 4) is 0 Å². The van der Waals surface area contributed by atoms with E-state index in [1.165, 1.54) is 11.1 Å². The molecule has 3 nitrogen and oxygen atoms in total. The van der Waals surface area contributed by atoms with E-state index in [1.807, 2.05) is 20.2 Å². The van der Waals surface area contributed by atoms with Crippen LogP contribution >= 0.6 is 0 Å². The maximum atomic E-state index is 10.9. The molecular formula is C22H29NO2. The smallest absolute Gasteiger partial charge is 0.0727 e. The van der Waals surface area contributed by atoms with Gasteiger partial charge in [0.25, 0.3) is 0 Å². The first kappa shape index (κ1) is 18.0. The van der Waals surface area contributed by atoms with Crippen LogP contribution in [0, 0.1) is 27.7 Å². The zero-order valence-corrected chi connectivity index (χ0v) is 16.0. The minimum Gasteiger partial charge on any atom is -0.392 e. The third kappa shape index (κ3) is 2.96. The predicted molar refractivity (Wildman–Crippen MR) is 104 cm³/mol. The van der Waals surface area contributed by atoms with Gasteiger partial charge in [0, 0.05) is 31.6 Å². The van der Waals surface area contributed by atoms with Crippen molar-refractivity contribution in [1.29, 1.82) is 0 Å². The Labute approximate surface area is 150 Å². The van der Waals surface area contributed by atoms with Crippen LogP contribution in [0.3, 0.4) is 0 Å². The van der Waals surface area contributed by atoms with Gasteiger partial charge in [0.15, 0.2) is 0 Å². The number of anilines is 1. The largest absolute Gasteiger partial charge is 0.392 e. The van der Waals surface area contributed by atoms with Gasteiger partial charge in [-0.2, -0.15) is 0 Å². The summed E-state index contributed by atoms with van der Waals surface area (Å²) in [6, 6.07) is 10.5. The van der Waals surface area contributed by atoms with E-state index in [0.29, 0.717) is 0 Å². The quantitative estimate of drug-likeness (QED) is 0.898. The van der Waals surface area contributed by atoms with Crippen molar-refractivity contribution in [2.75, 3.05) is 19.0 Å². The first-order chi connectivity index (χ1) is 11.7. The minimum absolute atomic E-state index is 0.211. The SMILES string of the molecule is Cc1cc(C)c(C2C(O)C(c3ccc(N(C)C)cc3C)C2O)cc1C. The maximum absolute atomic E-state index is 10.9. The molecule has 0 aliphatic heterocycles. The summed E-state index contributed by atoms with van der Waals surface area (Å²) in [7, 11) is 4.03. The second kappa shape index (κ2) is 6.47. The zero-order valence-electron chi connectivity index (χ0n) is 16.0. The highest BCUT2D eigenvalue weighted by atomic mass is 16.3. The molecule has 2 atom stereocenters. The van der Waals surface area contributed by atoms with Crippen LogP contribution in [-0.4, -0.2) is 36.5 Å². The highest BCUT2D eigenvalue weighted by Gasteiger charge is 2.51. The summed E-state index contributed by atoms with van der Waals surface area (Å²) in [6.07, 6.45) is -1.11. The molecule has 1 aliphatic rings. The number of aliphatic hydroxyl groups is 2. The standard InChI is InChI=1S/C22H29NO2/c1-12-9-14(3)18(11-13(12)2)20-21(24)19(22(20)25)17-8-7-16(23(5)6)10-15(17)4/h7-11,19-22,24-25H,1-6H3. The lowest BCUT2D eigenvalue weighted by Crippen LogP contribution is -2.52. The molecule has 1 saturated carbocycles. The van der Waals surface area contributed by atoms with Crippen LogP contribution in [0.4, 0.5) is 5.69 Å². The molecule has 2 aromatic rings. The van der Waals surface area contributed by atoms with E-state index in [4.69, 9.17) is 0 Å². The molecule has 1 fully saturated rings. The Morgan fingerprint density at radius 1 is 0.680 bits per heavy atom. The third-order valence-corrected chi connectivity index (χ3v) is 5.84. The summed E-state index contributed by atoms with van der Waals surface area (Å²) >= 11 is 0. The van der Waals surface area contributed by atoms with Gasteiger partial charge in [-0.1, -0.05) is 18.2 Å². The molecule has 134 valence electrons. The van der Waals surface area contributed by atoms with E-state index in [0.717, 1.165) is 27.9 Å². The summed E-state index contributed by atoms with van der Waals surface area (Å²) in [5.41, 5.74) is 7.96. The highest BCUT2D eigenvalue weighted by molar-refractivity contribution is 5.52. The second-order valence-electron chi connectivity index (χ2n) is 7.76. The maximum Gasteiger partial charge on any atom is 0.0727 e. The molecule has 2 aromatic carbocycles. The van der Waals surface area contributed by atoms with Gasteiger partial charge in [-0.15, -0.1) is 0 Å². The molecule has 0 saturated heterocycles. The number of benzene rings is 2. The summed E-state index contributed by atoms with van der Waals surface area (Å²) in [5, 5.41) is 21.7. The molecule has 0 amide bonds. The molecule has 0 spiro atoms. The number of rotatable bonds is 3. The molecule has 1 aliphatic carbocycles. The van der Waals surface area contributed by atoms with E-state index >= 15 is 0 Å². The summed E-state index contributed by atoms with van der Waals surface area (Å²) in [5.74, 6) is -0.431. The normalized spacial score (nSPS) is 25.6.